The highest BCUT2D eigenvalue weighted by Gasteiger charge is 2.11. The molecule has 1 N–H and O–H groups in total. The molecule has 0 amide bonds. The van der Waals surface area contributed by atoms with Crippen LogP contribution in [0.2, 0.25) is 0 Å². The highest BCUT2D eigenvalue weighted by molar-refractivity contribution is 5.71. The van der Waals surface area contributed by atoms with Gasteiger partial charge >= 0.3 is 5.97 Å². The van der Waals surface area contributed by atoms with Crippen LogP contribution in [-0.2, 0) is 4.79 Å². The van der Waals surface area contributed by atoms with E-state index < -0.39 is 5.97 Å². The van der Waals surface area contributed by atoms with E-state index in [0.717, 1.165) is 0 Å². The van der Waals surface area contributed by atoms with Gasteiger partial charge in [0.1, 0.15) is 0 Å². The van der Waals surface area contributed by atoms with Crippen LogP contribution >= 0.6 is 0 Å². The van der Waals surface area contributed by atoms with Crippen molar-refractivity contribution in [3.63, 3.8) is 0 Å². The average molecular weight is 182 g/mol. The van der Waals surface area contributed by atoms with Gasteiger partial charge in [0.15, 0.2) is 0 Å². The molecule has 13 heavy (non-hydrogen) atoms. The molecule has 2 heteroatoms. The molecule has 0 aliphatic heterocycles. The molecule has 0 aromatic carbocycles. The maximum Gasteiger partial charge on any atom is 0.310 e. The Balaban J connectivity index is 2.33. The molecule has 0 aromatic rings. The lowest BCUT2D eigenvalue weighted by Crippen LogP contribution is -2.08. The molecule has 0 aromatic heterocycles. The first-order valence-corrected chi connectivity index (χ1v) is 5.11. The number of hydrogen-bond donors (Lipinski definition) is 1. The standard InChI is InChI=1S/C11H18O2/c1-9(11(12)13)7-8-10-5-3-2-4-6-10/h7-10H,2-6H2,1H3,(H,12,13)/b8-7+/t9-/m0/s1. The predicted molar refractivity (Wildman–Crippen MR) is 52.5 cm³/mol. The number of carboxylic acid groups (broad SMARTS) is 1. The zero-order valence-corrected chi connectivity index (χ0v) is 8.20. The van der Waals surface area contributed by atoms with E-state index in [9.17, 15) is 4.79 Å². The van der Waals surface area contributed by atoms with Gasteiger partial charge in [-0.15, -0.1) is 0 Å². The van der Waals surface area contributed by atoms with Crippen molar-refractivity contribution in [2.75, 3.05) is 0 Å². The molecule has 0 spiro atoms. The molecule has 1 aliphatic rings. The van der Waals surface area contributed by atoms with Crippen molar-refractivity contribution < 1.29 is 9.90 Å². The minimum absolute atomic E-state index is 0.332. The number of aliphatic carboxylic acids is 1. The molecule has 0 radical (unpaired) electrons. The highest BCUT2D eigenvalue weighted by Crippen LogP contribution is 2.24. The van der Waals surface area contributed by atoms with Crippen molar-refractivity contribution in [1.82, 2.24) is 0 Å². The number of carboxylic acids is 1. The largest absolute Gasteiger partial charge is 0.481 e. The maximum atomic E-state index is 10.5. The van der Waals surface area contributed by atoms with Crippen molar-refractivity contribution in [1.29, 1.82) is 0 Å². The van der Waals surface area contributed by atoms with Crippen LogP contribution in [0.3, 0.4) is 0 Å². The van der Waals surface area contributed by atoms with Crippen LogP contribution in [0, 0.1) is 11.8 Å². The second-order valence-electron chi connectivity index (χ2n) is 3.91. The van der Waals surface area contributed by atoms with Crippen molar-refractivity contribution in [2.45, 2.75) is 39.0 Å². The molecular formula is C11H18O2. The monoisotopic (exact) mass is 182 g/mol. The molecule has 0 heterocycles. The van der Waals surface area contributed by atoms with E-state index in [1.54, 1.807) is 6.92 Å². The number of allylic oxidation sites excluding steroid dienone is 1. The van der Waals surface area contributed by atoms with Crippen molar-refractivity contribution in [2.24, 2.45) is 11.8 Å². The van der Waals surface area contributed by atoms with Crippen molar-refractivity contribution in [3.8, 4) is 0 Å². The summed E-state index contributed by atoms with van der Waals surface area (Å²) in [6, 6.07) is 0. The van der Waals surface area contributed by atoms with E-state index in [0.29, 0.717) is 5.92 Å². The summed E-state index contributed by atoms with van der Waals surface area (Å²) < 4.78 is 0. The van der Waals surface area contributed by atoms with Crippen LogP contribution < -0.4 is 0 Å². The summed E-state index contributed by atoms with van der Waals surface area (Å²) in [6.45, 7) is 1.72. The summed E-state index contributed by atoms with van der Waals surface area (Å²) in [7, 11) is 0. The normalized spacial score (nSPS) is 21.9. The fourth-order valence-electron chi connectivity index (χ4n) is 1.73. The first-order chi connectivity index (χ1) is 6.20. The smallest absolute Gasteiger partial charge is 0.310 e. The lowest BCUT2D eigenvalue weighted by molar-refractivity contribution is -0.139. The number of rotatable bonds is 3. The molecule has 74 valence electrons. The van der Waals surface area contributed by atoms with E-state index >= 15 is 0 Å². The second kappa shape index (κ2) is 5.05. The fourth-order valence-corrected chi connectivity index (χ4v) is 1.73. The zero-order valence-electron chi connectivity index (χ0n) is 8.20. The Labute approximate surface area is 79.6 Å². The van der Waals surface area contributed by atoms with E-state index in [4.69, 9.17) is 5.11 Å². The minimum atomic E-state index is -0.730. The van der Waals surface area contributed by atoms with Gasteiger partial charge in [0.25, 0.3) is 0 Å². The van der Waals surface area contributed by atoms with Gasteiger partial charge in [-0.1, -0.05) is 31.4 Å². The first kappa shape index (κ1) is 10.3. The molecule has 1 fully saturated rings. The fraction of sp³-hybridized carbons (Fsp3) is 0.727. The van der Waals surface area contributed by atoms with Crippen LogP contribution in [0.4, 0.5) is 0 Å². The Bertz CT molecular complexity index is 190. The zero-order chi connectivity index (χ0) is 9.68. The third-order valence-corrected chi connectivity index (χ3v) is 2.71. The minimum Gasteiger partial charge on any atom is -0.481 e. The van der Waals surface area contributed by atoms with E-state index in [-0.39, 0.29) is 5.92 Å². The van der Waals surface area contributed by atoms with Crippen LogP contribution in [0.1, 0.15) is 39.0 Å². The van der Waals surface area contributed by atoms with Crippen LogP contribution in [-0.4, -0.2) is 11.1 Å². The SMILES string of the molecule is C[C@@H](/C=C/C1CCCCC1)C(=O)O. The van der Waals surface area contributed by atoms with Gasteiger partial charge in [0.05, 0.1) is 5.92 Å². The summed E-state index contributed by atoms with van der Waals surface area (Å²) in [5.74, 6) is -0.426. The predicted octanol–water partition coefficient (Wildman–Crippen LogP) is 2.84. The first-order valence-electron chi connectivity index (χ1n) is 5.11. The lowest BCUT2D eigenvalue weighted by atomic mass is 9.88. The summed E-state index contributed by atoms with van der Waals surface area (Å²) in [5.41, 5.74) is 0. The Kier molecular flexibility index (Phi) is 4.00. The Hall–Kier alpha value is -0.790. The van der Waals surface area contributed by atoms with E-state index in [2.05, 4.69) is 6.08 Å². The van der Waals surface area contributed by atoms with Gasteiger partial charge in [0, 0.05) is 0 Å². The van der Waals surface area contributed by atoms with Crippen LogP contribution in [0.25, 0.3) is 0 Å². The van der Waals surface area contributed by atoms with E-state index in [1.807, 2.05) is 6.08 Å². The van der Waals surface area contributed by atoms with Gasteiger partial charge < -0.3 is 5.11 Å². The molecule has 1 atom stereocenters. The van der Waals surface area contributed by atoms with Gasteiger partial charge in [0.2, 0.25) is 0 Å². The highest BCUT2D eigenvalue weighted by atomic mass is 16.4. The molecule has 0 unspecified atom stereocenters. The molecule has 1 aliphatic carbocycles. The summed E-state index contributed by atoms with van der Waals surface area (Å²) in [6.07, 6.45) is 10.4. The Morgan fingerprint density at radius 2 is 2.00 bits per heavy atom. The topological polar surface area (TPSA) is 37.3 Å². The van der Waals surface area contributed by atoms with Crippen LogP contribution in [0.5, 0.6) is 0 Å². The van der Waals surface area contributed by atoms with Gasteiger partial charge in [-0.3, -0.25) is 4.79 Å². The third-order valence-electron chi connectivity index (χ3n) is 2.71. The molecule has 2 nitrogen and oxygen atoms in total. The second-order valence-corrected chi connectivity index (χ2v) is 3.91. The van der Waals surface area contributed by atoms with Gasteiger partial charge in [-0.2, -0.15) is 0 Å². The molecular weight excluding hydrogens is 164 g/mol. The molecule has 0 bridgehead atoms. The summed E-state index contributed by atoms with van der Waals surface area (Å²) in [5, 5.41) is 8.66. The third kappa shape index (κ3) is 3.62. The van der Waals surface area contributed by atoms with Gasteiger partial charge in [-0.25, -0.2) is 0 Å². The number of hydrogen-bond acceptors (Lipinski definition) is 1. The molecule has 0 saturated heterocycles. The van der Waals surface area contributed by atoms with Crippen molar-refractivity contribution >= 4 is 5.97 Å². The average Bonchev–Trinajstić information content (AvgIpc) is 2.15. The molecule has 1 rings (SSSR count). The number of carbonyl (C=O) groups is 1. The maximum absolute atomic E-state index is 10.5. The summed E-state index contributed by atoms with van der Waals surface area (Å²) >= 11 is 0. The Morgan fingerprint density at radius 1 is 1.38 bits per heavy atom. The molecule has 1 saturated carbocycles. The van der Waals surface area contributed by atoms with Gasteiger partial charge in [-0.05, 0) is 25.7 Å². The van der Waals surface area contributed by atoms with Crippen LogP contribution in [0.15, 0.2) is 12.2 Å². The van der Waals surface area contributed by atoms with E-state index in [1.165, 1.54) is 32.1 Å². The summed E-state index contributed by atoms with van der Waals surface area (Å²) in [4.78, 5) is 10.5. The lowest BCUT2D eigenvalue weighted by Gasteiger charge is -2.17. The van der Waals surface area contributed by atoms with Crippen molar-refractivity contribution in [3.05, 3.63) is 12.2 Å². The Morgan fingerprint density at radius 3 is 2.54 bits per heavy atom. The quantitative estimate of drug-likeness (QED) is 0.681.